The van der Waals surface area contributed by atoms with Gasteiger partial charge in [0.05, 0.1) is 63.4 Å². The van der Waals surface area contributed by atoms with E-state index in [4.69, 9.17) is 30.6 Å². The van der Waals surface area contributed by atoms with E-state index in [2.05, 4.69) is 195 Å². The van der Waals surface area contributed by atoms with Crippen LogP contribution in [0.3, 0.4) is 0 Å². The Morgan fingerprint density at radius 2 is 0.712 bits per heavy atom. The predicted molar refractivity (Wildman–Crippen MR) is 536 cm³/mol. The van der Waals surface area contributed by atoms with Gasteiger partial charge in [0.25, 0.3) is 0 Å². The summed E-state index contributed by atoms with van der Waals surface area (Å²) in [6, 6.07) is 113. The van der Waals surface area contributed by atoms with Crippen LogP contribution < -0.4 is 0 Å². The Balaban J connectivity index is 0.000000204. The number of hydrogen-bond acceptors (Lipinski definition) is 20. The molecule has 0 fully saturated rings. The Labute approximate surface area is 851 Å². The number of aryl methyl sites for hydroxylation is 2. The van der Waals surface area contributed by atoms with Gasteiger partial charge in [0, 0.05) is 155 Å². The van der Waals surface area contributed by atoms with Crippen molar-refractivity contribution >= 4 is 109 Å². The van der Waals surface area contributed by atoms with Gasteiger partial charge in [0.2, 0.25) is 0 Å². The van der Waals surface area contributed by atoms with E-state index in [-0.39, 0.29) is 103 Å². The number of hydrogen-bond donors (Lipinski definition) is 6. The van der Waals surface area contributed by atoms with Gasteiger partial charge in [0.1, 0.15) is 5.01 Å². The first-order valence-electron chi connectivity index (χ1n) is 41.4. The first kappa shape index (κ1) is 109. The van der Waals surface area contributed by atoms with Crippen LogP contribution in [0.15, 0.2) is 350 Å². The molecule has 9 heterocycles. The zero-order valence-corrected chi connectivity index (χ0v) is 88.4. The van der Waals surface area contributed by atoms with Crippen LogP contribution in [0.25, 0.3) is 127 Å². The predicted octanol–water partition coefficient (Wildman–Crippen LogP) is 28.6. The van der Waals surface area contributed by atoms with Crippen LogP contribution in [0.4, 0.5) is 0 Å². The van der Waals surface area contributed by atoms with E-state index in [1.165, 1.54) is 91.2 Å². The Hall–Kier alpha value is -10.4. The SMILES string of the molecule is CC(O)=CC(C)O.CC(O)=CC(C)O.CC(O)=CC(C)O.CCC1(CC)c2ccccc2-c2c[c-]c(-c3ccccn3)cc21.Cc1c[c-]c(-c2nc3ccccc3s2)cc1.Cc1c[c-]c(-c2nc3ccccc3s2)cc1.[Ir].[Ir].[Ir].[Ir].[c-]1ccccc1-c1nc2ccccc2s1.[c-]1ccccc1-c1nc2ccccc2s1.[c-]1ccsc1-c1ccccn1.c1ccc(-c2nccs2)nc1. The molecule has 20 rings (SSSR count). The molecule has 3 atom stereocenters. The molecular weight excluding hydrogens is 2470 g/mol. The minimum Gasteiger partial charge on any atom is -0.513 e. The molecule has 9 aromatic heterocycles. The molecule has 14 nitrogen and oxygen atoms in total. The zero-order chi connectivity index (χ0) is 90.6. The number of thiazole rings is 5. The molecule has 1 aliphatic carbocycles. The number of allylic oxidation sites excluding steroid dienone is 3. The third-order valence-corrected chi connectivity index (χ3v) is 24.8. The summed E-state index contributed by atoms with van der Waals surface area (Å²) in [5, 5.41) is 59.8. The second-order valence-corrected chi connectivity index (χ2v) is 35.0. The van der Waals surface area contributed by atoms with Crippen LogP contribution in [0.1, 0.15) is 90.5 Å². The molecule has 19 aromatic rings. The number of benzene rings is 10. The van der Waals surface area contributed by atoms with Crippen LogP contribution in [-0.4, -0.2) is 88.8 Å². The van der Waals surface area contributed by atoms with Crippen molar-refractivity contribution in [1.82, 2.24) is 39.9 Å². The number of para-hydroxylation sites is 4. The molecule has 4 radical (unpaired) electrons. The van der Waals surface area contributed by atoms with Crippen LogP contribution >= 0.6 is 68.0 Å². The first-order valence-corrected chi connectivity index (χ1v) is 46.4. The van der Waals surface area contributed by atoms with E-state index in [9.17, 15) is 0 Å². The van der Waals surface area contributed by atoms with Gasteiger partial charge in [-0.2, -0.15) is 57.5 Å². The van der Waals surface area contributed by atoms with Gasteiger partial charge in [-0.05, 0) is 162 Å². The fraction of sp³-hybridized carbons (Fsp3) is 0.148. The maximum Gasteiger partial charge on any atom is 0.141 e. The average Bonchev–Trinajstić information content (AvgIpc) is 1.57. The van der Waals surface area contributed by atoms with E-state index in [1.807, 2.05) is 205 Å². The minimum absolute atomic E-state index is 0. The number of rotatable bonds is 12. The average molecular weight is 2570 g/mol. The van der Waals surface area contributed by atoms with Crippen molar-refractivity contribution in [2.45, 2.75) is 106 Å². The van der Waals surface area contributed by atoms with E-state index in [1.54, 1.807) is 107 Å². The standard InChI is InChI=1S/C22H20N.2C14H10NS.2C13H8NS.C9H6NS.C8H6N2S.3C5H10O2.4Ir/c1-3-22(4-2)19-10-6-5-9-17(19)18-13-12-16(15-20(18)22)21-11-7-8-14-23-21;2*1-10-6-8-11(9-7-10)14-15-12-4-2-3-5-13(12)16-14;2*1-2-6-10(7-3-1)13-14-11-8-4-5-9-12(11)15-13;1-2-6-10-8(4-1)9-5-3-7-11-9;1-2-4-9-7(3-1)8-10-5-6-11-8;3*1-4(6)3-5(2)7;;;;/h5-11,13-15H,3-4H2,1-2H3;2*2-8H,1H3;2*1-6,8-9H;1-4,6-7H;1-6H;3*3-4,6-7H,1-2H3;;;;/q6*-1;;;;;;;;. The van der Waals surface area contributed by atoms with Gasteiger partial charge in [0.15, 0.2) is 0 Å². The van der Waals surface area contributed by atoms with E-state index in [0.29, 0.717) is 0 Å². The smallest absolute Gasteiger partial charge is 0.141 e. The molecule has 0 saturated heterocycles. The number of fused-ring (bicyclic) bond motifs is 7. The third kappa shape index (κ3) is 33.1. The van der Waals surface area contributed by atoms with Crippen molar-refractivity contribution in [3.05, 3.63) is 409 Å². The van der Waals surface area contributed by atoms with Gasteiger partial charge in [-0.3, -0.25) is 24.9 Å². The molecule has 0 bridgehead atoms. The monoisotopic (exact) mass is 2570 g/mol. The molecule has 684 valence electrons. The summed E-state index contributed by atoms with van der Waals surface area (Å²) in [7, 11) is 0. The van der Waals surface area contributed by atoms with Crippen molar-refractivity contribution in [2.75, 3.05) is 0 Å². The molecule has 132 heavy (non-hydrogen) atoms. The van der Waals surface area contributed by atoms with Crippen molar-refractivity contribution in [3.63, 3.8) is 0 Å². The van der Waals surface area contributed by atoms with Crippen molar-refractivity contribution in [3.8, 4) is 85.9 Å². The number of aromatic nitrogens is 8. The van der Waals surface area contributed by atoms with Crippen LogP contribution in [0.2, 0.25) is 0 Å². The molecule has 0 spiro atoms. The summed E-state index contributed by atoms with van der Waals surface area (Å²) in [6.07, 6.45) is 11.9. The van der Waals surface area contributed by atoms with Gasteiger partial charge >= 0.3 is 0 Å². The van der Waals surface area contributed by atoms with Gasteiger partial charge in [-0.25, -0.2) is 16.3 Å². The van der Waals surface area contributed by atoms with E-state index < -0.39 is 18.3 Å². The first-order chi connectivity index (χ1) is 62.1. The van der Waals surface area contributed by atoms with Crippen molar-refractivity contribution < 1.29 is 111 Å². The molecule has 3 unspecified atom stereocenters. The van der Waals surface area contributed by atoms with E-state index >= 15 is 0 Å². The Morgan fingerprint density at radius 3 is 1.04 bits per heavy atom. The van der Waals surface area contributed by atoms with Gasteiger partial charge in [-0.1, -0.05) is 147 Å². The third-order valence-electron chi connectivity index (χ3n) is 18.9. The Morgan fingerprint density at radius 1 is 0.341 bits per heavy atom. The maximum atomic E-state index is 8.49. The summed E-state index contributed by atoms with van der Waals surface area (Å²) in [5.41, 5.74) is 20.8. The minimum atomic E-state index is -0.537. The Bertz CT molecular complexity index is 6130. The quantitative estimate of drug-likeness (QED) is 0.0495. The van der Waals surface area contributed by atoms with Crippen LogP contribution in [-0.2, 0) is 85.8 Å². The number of thiophene rings is 1. The zero-order valence-electron chi connectivity index (χ0n) is 73.9. The molecule has 24 heteroatoms. The molecule has 0 aliphatic heterocycles. The molecule has 10 aromatic carbocycles. The molecular formula is C108H98Ir4N8O6S6-6. The number of aliphatic hydroxyl groups excluding tert-OH is 6. The number of nitrogens with zero attached hydrogens (tertiary/aromatic N) is 8. The molecule has 0 amide bonds. The summed E-state index contributed by atoms with van der Waals surface area (Å²) >= 11 is 10.1. The largest absolute Gasteiger partial charge is 0.513 e. The van der Waals surface area contributed by atoms with Crippen molar-refractivity contribution in [2.24, 2.45) is 0 Å². The van der Waals surface area contributed by atoms with Gasteiger partial charge in [-0.15, -0.1) is 189 Å². The second-order valence-electron chi connectivity index (χ2n) is 29.1. The Kier molecular flexibility index (Phi) is 46.6. The maximum absolute atomic E-state index is 8.49. The molecule has 1 aliphatic rings. The molecule has 6 N–H and O–H groups in total. The van der Waals surface area contributed by atoms with Gasteiger partial charge < -0.3 is 40.6 Å². The van der Waals surface area contributed by atoms with Crippen LogP contribution in [0.5, 0.6) is 0 Å². The van der Waals surface area contributed by atoms with E-state index in [0.717, 1.165) is 110 Å². The molecule has 0 saturated carbocycles. The summed E-state index contributed by atoms with van der Waals surface area (Å²) in [5.74, 6) is 0.486. The normalized spacial score (nSPS) is 11.8. The summed E-state index contributed by atoms with van der Waals surface area (Å²) in [6.45, 7) is 18.0. The summed E-state index contributed by atoms with van der Waals surface area (Å²) in [4.78, 5) is 36.4. The topological polar surface area (TPSA) is 224 Å². The van der Waals surface area contributed by atoms with Crippen LogP contribution in [0, 0.1) is 50.2 Å². The second kappa shape index (κ2) is 56.6. The fourth-order valence-corrected chi connectivity index (χ4v) is 18.2. The fourth-order valence-electron chi connectivity index (χ4n) is 13.1. The number of pyridine rings is 3. The van der Waals surface area contributed by atoms with Crippen molar-refractivity contribution in [1.29, 1.82) is 0 Å². The summed E-state index contributed by atoms with van der Waals surface area (Å²) < 4.78 is 4.91. The number of aliphatic hydroxyl groups is 6.